The van der Waals surface area contributed by atoms with E-state index in [9.17, 15) is 9.18 Å². The Hall–Kier alpha value is -2.60. The monoisotopic (exact) mass is 398 g/mol. The number of rotatable bonds is 6. The highest BCUT2D eigenvalue weighted by atomic mass is 19.1. The SMILES string of the molecule is COc1ccc(CN2C3CCC2CC(NC(=O)c2ccccc2F)C3)c(OC)c1. The molecule has 2 atom stereocenters. The Morgan fingerprint density at radius 1 is 1.10 bits per heavy atom. The number of nitrogens with zero attached hydrogens (tertiary/aromatic N) is 1. The van der Waals surface area contributed by atoms with Gasteiger partial charge in [0, 0.05) is 36.3 Å². The van der Waals surface area contributed by atoms with Gasteiger partial charge in [0.25, 0.3) is 5.91 Å². The van der Waals surface area contributed by atoms with Crippen molar-refractivity contribution in [2.45, 2.75) is 50.4 Å². The van der Waals surface area contributed by atoms with E-state index in [4.69, 9.17) is 9.47 Å². The average Bonchev–Trinajstić information content (AvgIpc) is 2.96. The van der Waals surface area contributed by atoms with Crippen molar-refractivity contribution in [3.05, 3.63) is 59.4 Å². The van der Waals surface area contributed by atoms with Gasteiger partial charge in [0.15, 0.2) is 0 Å². The number of halogens is 1. The molecule has 2 saturated heterocycles. The number of hydrogen-bond acceptors (Lipinski definition) is 4. The molecule has 2 unspecified atom stereocenters. The summed E-state index contributed by atoms with van der Waals surface area (Å²) in [6.45, 7) is 0.816. The van der Waals surface area contributed by atoms with Crippen LogP contribution in [0.15, 0.2) is 42.5 Å². The first-order valence-electron chi connectivity index (χ1n) is 10.1. The predicted octanol–water partition coefficient (Wildman–Crippen LogP) is 3.77. The van der Waals surface area contributed by atoms with Crippen LogP contribution in [0.25, 0.3) is 0 Å². The quantitative estimate of drug-likeness (QED) is 0.805. The van der Waals surface area contributed by atoms with Gasteiger partial charge in [-0.25, -0.2) is 4.39 Å². The van der Waals surface area contributed by atoms with Crippen molar-refractivity contribution in [1.29, 1.82) is 0 Å². The summed E-state index contributed by atoms with van der Waals surface area (Å²) in [7, 11) is 3.33. The van der Waals surface area contributed by atoms with E-state index in [-0.39, 0.29) is 17.5 Å². The van der Waals surface area contributed by atoms with E-state index in [2.05, 4.69) is 16.3 Å². The maximum absolute atomic E-state index is 13.9. The van der Waals surface area contributed by atoms with Gasteiger partial charge in [-0.2, -0.15) is 0 Å². The van der Waals surface area contributed by atoms with Crippen LogP contribution in [0.4, 0.5) is 4.39 Å². The zero-order chi connectivity index (χ0) is 20.4. The largest absolute Gasteiger partial charge is 0.497 e. The maximum Gasteiger partial charge on any atom is 0.254 e. The van der Waals surface area contributed by atoms with Crippen molar-refractivity contribution in [2.75, 3.05) is 14.2 Å². The summed E-state index contributed by atoms with van der Waals surface area (Å²) in [5.41, 5.74) is 1.25. The van der Waals surface area contributed by atoms with E-state index in [0.29, 0.717) is 12.1 Å². The number of benzene rings is 2. The van der Waals surface area contributed by atoms with Gasteiger partial charge in [0.2, 0.25) is 0 Å². The summed E-state index contributed by atoms with van der Waals surface area (Å²) in [5.74, 6) is 0.816. The normalized spacial score (nSPS) is 23.6. The Morgan fingerprint density at radius 2 is 1.83 bits per heavy atom. The van der Waals surface area contributed by atoms with E-state index in [1.54, 1.807) is 26.4 Å². The number of fused-ring (bicyclic) bond motifs is 2. The number of carbonyl (C=O) groups excluding carboxylic acids is 1. The summed E-state index contributed by atoms with van der Waals surface area (Å²) >= 11 is 0. The number of methoxy groups -OCH3 is 2. The second-order valence-corrected chi connectivity index (χ2v) is 7.86. The zero-order valence-electron chi connectivity index (χ0n) is 16.9. The molecule has 2 heterocycles. The van der Waals surface area contributed by atoms with Crippen molar-refractivity contribution in [1.82, 2.24) is 10.2 Å². The molecule has 6 heteroatoms. The lowest BCUT2D eigenvalue weighted by molar-refractivity contribution is 0.0822. The molecule has 2 fully saturated rings. The third-order valence-corrected chi connectivity index (χ3v) is 6.19. The van der Waals surface area contributed by atoms with Crippen LogP contribution in [0, 0.1) is 5.82 Å². The second-order valence-electron chi connectivity index (χ2n) is 7.86. The standard InChI is InChI=1S/C23H27FN2O3/c1-28-19-10-7-15(22(13-19)29-2)14-26-17-8-9-18(26)12-16(11-17)25-23(27)20-5-3-4-6-21(20)24/h3-7,10,13,16-18H,8-9,11-12,14H2,1-2H3,(H,25,27). The first kappa shape index (κ1) is 19.7. The zero-order valence-corrected chi connectivity index (χ0v) is 16.9. The van der Waals surface area contributed by atoms with E-state index in [1.165, 1.54) is 12.1 Å². The molecule has 0 radical (unpaired) electrons. The fourth-order valence-electron chi connectivity index (χ4n) is 4.74. The molecular formula is C23H27FN2O3. The summed E-state index contributed by atoms with van der Waals surface area (Å²) in [5, 5.41) is 3.05. The minimum absolute atomic E-state index is 0.0774. The molecule has 1 amide bonds. The Morgan fingerprint density at radius 3 is 2.48 bits per heavy atom. The highest BCUT2D eigenvalue weighted by molar-refractivity contribution is 5.94. The van der Waals surface area contributed by atoms with E-state index in [1.807, 2.05) is 12.1 Å². The first-order valence-corrected chi connectivity index (χ1v) is 10.1. The van der Waals surface area contributed by atoms with Crippen molar-refractivity contribution >= 4 is 5.91 Å². The summed E-state index contributed by atoms with van der Waals surface area (Å²) in [4.78, 5) is 15.0. The molecule has 0 spiro atoms. The van der Waals surface area contributed by atoms with Crippen molar-refractivity contribution in [3.8, 4) is 11.5 Å². The predicted molar refractivity (Wildman–Crippen MR) is 109 cm³/mol. The number of piperidine rings is 1. The Balaban J connectivity index is 1.42. The molecule has 2 aliphatic heterocycles. The van der Waals surface area contributed by atoms with E-state index >= 15 is 0 Å². The number of ether oxygens (including phenoxy) is 2. The van der Waals surface area contributed by atoms with Gasteiger partial charge in [-0.15, -0.1) is 0 Å². The Kier molecular flexibility index (Phi) is 5.72. The fraction of sp³-hybridized carbons (Fsp3) is 0.435. The molecule has 2 bridgehead atoms. The maximum atomic E-state index is 13.9. The second kappa shape index (κ2) is 8.41. The van der Waals surface area contributed by atoms with Gasteiger partial charge >= 0.3 is 0 Å². The molecule has 0 aliphatic carbocycles. The third-order valence-electron chi connectivity index (χ3n) is 6.19. The van der Waals surface area contributed by atoms with E-state index in [0.717, 1.165) is 49.3 Å². The van der Waals surface area contributed by atoms with Crippen molar-refractivity contribution in [3.63, 3.8) is 0 Å². The topological polar surface area (TPSA) is 50.8 Å². The molecule has 5 nitrogen and oxygen atoms in total. The summed E-state index contributed by atoms with van der Waals surface area (Å²) in [6.07, 6.45) is 4.01. The number of carbonyl (C=O) groups is 1. The minimum atomic E-state index is -0.475. The van der Waals surface area contributed by atoms with Crippen LogP contribution < -0.4 is 14.8 Å². The molecule has 4 rings (SSSR count). The van der Waals surface area contributed by atoms with Crippen molar-refractivity contribution in [2.24, 2.45) is 0 Å². The molecule has 1 N–H and O–H groups in total. The Labute approximate surface area is 170 Å². The molecule has 154 valence electrons. The van der Waals surface area contributed by atoms with Crippen LogP contribution in [0.3, 0.4) is 0 Å². The van der Waals surface area contributed by atoms with Gasteiger partial charge in [0.1, 0.15) is 17.3 Å². The molecule has 2 aromatic carbocycles. The van der Waals surface area contributed by atoms with Crippen LogP contribution in [-0.4, -0.2) is 43.2 Å². The molecule has 0 saturated carbocycles. The number of hydrogen-bond donors (Lipinski definition) is 1. The highest BCUT2D eigenvalue weighted by Gasteiger charge is 2.41. The third kappa shape index (κ3) is 4.08. The lowest BCUT2D eigenvalue weighted by Gasteiger charge is -2.39. The van der Waals surface area contributed by atoms with E-state index < -0.39 is 5.82 Å². The van der Waals surface area contributed by atoms with Crippen LogP contribution in [0.5, 0.6) is 11.5 Å². The van der Waals surface area contributed by atoms with Gasteiger partial charge in [0.05, 0.1) is 19.8 Å². The molecular weight excluding hydrogens is 371 g/mol. The summed E-state index contributed by atoms with van der Waals surface area (Å²) in [6, 6.07) is 13.0. The summed E-state index contributed by atoms with van der Waals surface area (Å²) < 4.78 is 24.7. The lowest BCUT2D eigenvalue weighted by atomic mass is 9.96. The van der Waals surface area contributed by atoms with Crippen LogP contribution in [0.1, 0.15) is 41.6 Å². The van der Waals surface area contributed by atoms with Gasteiger partial charge in [-0.1, -0.05) is 18.2 Å². The van der Waals surface area contributed by atoms with Gasteiger partial charge < -0.3 is 14.8 Å². The Bertz CT molecular complexity index is 874. The van der Waals surface area contributed by atoms with Crippen LogP contribution in [-0.2, 0) is 6.54 Å². The lowest BCUT2D eigenvalue weighted by Crippen LogP contribution is -2.50. The molecule has 2 aliphatic rings. The smallest absolute Gasteiger partial charge is 0.254 e. The van der Waals surface area contributed by atoms with Gasteiger partial charge in [-0.3, -0.25) is 9.69 Å². The average molecular weight is 398 g/mol. The fourth-order valence-corrected chi connectivity index (χ4v) is 4.74. The first-order chi connectivity index (χ1) is 14.1. The highest BCUT2D eigenvalue weighted by Crippen LogP contribution is 2.38. The molecule has 0 aromatic heterocycles. The number of amides is 1. The molecule has 2 aromatic rings. The van der Waals surface area contributed by atoms with Gasteiger partial charge in [-0.05, 0) is 43.9 Å². The van der Waals surface area contributed by atoms with Crippen molar-refractivity contribution < 1.29 is 18.7 Å². The molecule has 29 heavy (non-hydrogen) atoms. The van der Waals surface area contributed by atoms with Crippen LogP contribution in [0.2, 0.25) is 0 Å². The minimum Gasteiger partial charge on any atom is -0.497 e. The van der Waals surface area contributed by atoms with Crippen LogP contribution >= 0.6 is 0 Å². The number of nitrogens with one attached hydrogen (secondary N) is 1.